The summed E-state index contributed by atoms with van der Waals surface area (Å²) in [6, 6.07) is 5.96. The number of benzene rings is 1. The molecule has 20 heavy (non-hydrogen) atoms. The van der Waals surface area contributed by atoms with Crippen molar-refractivity contribution in [3.8, 4) is 0 Å². The molecule has 0 saturated carbocycles. The standard InChI is InChI=1S/C11H17N3O4S2/c1-19(15,16)11-5-3-2-4-10(11)13-20(17,18)14-8-6-12-7-9-14/h2-5,12-13H,6-9H2,1H3. The van der Waals surface area contributed by atoms with Gasteiger partial charge in [0.2, 0.25) is 0 Å². The molecule has 0 unspecified atom stereocenters. The van der Waals surface area contributed by atoms with Crippen LogP contribution in [0.1, 0.15) is 0 Å². The van der Waals surface area contributed by atoms with Crippen LogP contribution < -0.4 is 10.0 Å². The van der Waals surface area contributed by atoms with Gasteiger partial charge in [-0.25, -0.2) is 8.42 Å². The number of hydrogen-bond acceptors (Lipinski definition) is 5. The smallest absolute Gasteiger partial charge is 0.301 e. The molecule has 1 aliphatic rings. The zero-order chi connectivity index (χ0) is 14.8. The second kappa shape index (κ2) is 5.68. The molecule has 1 aromatic rings. The Hall–Kier alpha value is -1.16. The normalized spacial score (nSPS) is 17.9. The van der Waals surface area contributed by atoms with Gasteiger partial charge in [0.1, 0.15) is 0 Å². The summed E-state index contributed by atoms with van der Waals surface area (Å²) in [6.45, 7) is 1.87. The molecule has 1 fully saturated rings. The lowest BCUT2D eigenvalue weighted by molar-refractivity contribution is 0.362. The largest absolute Gasteiger partial charge is 0.314 e. The van der Waals surface area contributed by atoms with Crippen molar-refractivity contribution in [1.82, 2.24) is 9.62 Å². The van der Waals surface area contributed by atoms with Crippen LogP contribution in [0.3, 0.4) is 0 Å². The van der Waals surface area contributed by atoms with Crippen LogP contribution in [0.4, 0.5) is 5.69 Å². The SMILES string of the molecule is CS(=O)(=O)c1ccccc1NS(=O)(=O)N1CCNCC1. The summed E-state index contributed by atoms with van der Waals surface area (Å²) in [5.74, 6) is 0. The Morgan fingerprint density at radius 3 is 2.30 bits per heavy atom. The first-order valence-corrected chi connectivity index (χ1v) is 9.41. The minimum absolute atomic E-state index is 0.0290. The molecular weight excluding hydrogens is 302 g/mol. The third-order valence-electron chi connectivity index (χ3n) is 2.94. The number of rotatable bonds is 4. The fourth-order valence-corrected chi connectivity index (χ4v) is 4.12. The quantitative estimate of drug-likeness (QED) is 0.791. The van der Waals surface area contributed by atoms with Crippen LogP contribution in [0.5, 0.6) is 0 Å². The molecule has 0 aliphatic carbocycles. The molecule has 1 heterocycles. The third kappa shape index (κ3) is 3.48. The summed E-state index contributed by atoms with van der Waals surface area (Å²) < 4.78 is 51.4. The highest BCUT2D eigenvalue weighted by Gasteiger charge is 2.25. The Morgan fingerprint density at radius 1 is 1.10 bits per heavy atom. The predicted octanol–water partition coefficient (Wildman–Crippen LogP) is -0.348. The molecule has 0 spiro atoms. The second-order valence-electron chi connectivity index (χ2n) is 4.52. The lowest BCUT2D eigenvalue weighted by Gasteiger charge is -2.27. The van der Waals surface area contributed by atoms with E-state index in [1.807, 2.05) is 0 Å². The lowest BCUT2D eigenvalue weighted by atomic mass is 10.3. The van der Waals surface area contributed by atoms with Crippen molar-refractivity contribution in [2.45, 2.75) is 4.90 Å². The van der Waals surface area contributed by atoms with Gasteiger partial charge in [-0.2, -0.15) is 12.7 Å². The summed E-state index contributed by atoms with van der Waals surface area (Å²) in [4.78, 5) is -0.0290. The van der Waals surface area contributed by atoms with Gasteiger partial charge in [0.25, 0.3) is 0 Å². The molecule has 1 aromatic carbocycles. The Balaban J connectivity index is 2.30. The fourth-order valence-electron chi connectivity index (χ4n) is 1.96. The minimum Gasteiger partial charge on any atom is -0.314 e. The molecule has 0 atom stereocenters. The second-order valence-corrected chi connectivity index (χ2v) is 8.18. The average Bonchev–Trinajstić information content (AvgIpc) is 2.39. The van der Waals surface area contributed by atoms with E-state index in [9.17, 15) is 16.8 Å². The fraction of sp³-hybridized carbons (Fsp3) is 0.455. The van der Waals surface area contributed by atoms with Gasteiger partial charge in [-0.3, -0.25) is 4.72 Å². The number of nitrogens with one attached hydrogen (secondary N) is 2. The Labute approximate surface area is 119 Å². The molecule has 0 bridgehead atoms. The third-order valence-corrected chi connectivity index (χ3v) is 5.62. The molecule has 1 saturated heterocycles. The zero-order valence-corrected chi connectivity index (χ0v) is 12.7. The first kappa shape index (κ1) is 15.2. The Kier molecular flexibility index (Phi) is 4.33. The highest BCUT2D eigenvalue weighted by molar-refractivity contribution is 7.91. The number of hydrogen-bond donors (Lipinski definition) is 2. The Bertz CT molecular complexity index is 679. The summed E-state index contributed by atoms with van der Waals surface area (Å²) in [5, 5.41) is 3.06. The number of anilines is 1. The summed E-state index contributed by atoms with van der Waals surface area (Å²) in [5.41, 5.74) is 0.0773. The maximum Gasteiger partial charge on any atom is 0.301 e. The van der Waals surface area contributed by atoms with Gasteiger partial charge in [0, 0.05) is 32.4 Å². The van der Waals surface area contributed by atoms with Crippen molar-refractivity contribution in [2.75, 3.05) is 37.2 Å². The highest BCUT2D eigenvalue weighted by Crippen LogP contribution is 2.22. The van der Waals surface area contributed by atoms with Crippen LogP contribution in [0.15, 0.2) is 29.2 Å². The molecule has 1 aliphatic heterocycles. The van der Waals surface area contributed by atoms with Crippen molar-refractivity contribution >= 4 is 25.7 Å². The minimum atomic E-state index is -3.74. The van der Waals surface area contributed by atoms with Crippen molar-refractivity contribution in [3.05, 3.63) is 24.3 Å². The van der Waals surface area contributed by atoms with Crippen molar-refractivity contribution < 1.29 is 16.8 Å². The van der Waals surface area contributed by atoms with Crippen LogP contribution in [-0.2, 0) is 20.0 Å². The summed E-state index contributed by atoms with van der Waals surface area (Å²) in [6.07, 6.45) is 1.05. The van der Waals surface area contributed by atoms with E-state index in [2.05, 4.69) is 10.0 Å². The van der Waals surface area contributed by atoms with E-state index < -0.39 is 20.0 Å². The number of sulfone groups is 1. The average molecular weight is 319 g/mol. The van der Waals surface area contributed by atoms with Gasteiger partial charge >= 0.3 is 10.2 Å². The van der Waals surface area contributed by atoms with Gasteiger partial charge in [-0.15, -0.1) is 0 Å². The first-order valence-electron chi connectivity index (χ1n) is 6.08. The van der Waals surface area contributed by atoms with Gasteiger partial charge < -0.3 is 5.32 Å². The maximum atomic E-state index is 12.2. The van der Waals surface area contributed by atoms with Crippen LogP contribution in [0.25, 0.3) is 0 Å². The summed E-state index contributed by atoms with van der Waals surface area (Å²) >= 11 is 0. The molecule has 2 rings (SSSR count). The van der Waals surface area contributed by atoms with E-state index in [0.29, 0.717) is 26.2 Å². The molecule has 0 radical (unpaired) electrons. The predicted molar refractivity (Wildman–Crippen MR) is 76.5 cm³/mol. The topological polar surface area (TPSA) is 95.6 Å². The van der Waals surface area contributed by atoms with E-state index in [0.717, 1.165) is 6.26 Å². The van der Waals surface area contributed by atoms with Crippen LogP contribution >= 0.6 is 0 Å². The first-order chi connectivity index (χ1) is 9.31. The highest BCUT2D eigenvalue weighted by atomic mass is 32.2. The molecule has 2 N–H and O–H groups in total. The van der Waals surface area contributed by atoms with Gasteiger partial charge in [-0.1, -0.05) is 12.1 Å². The number of nitrogens with zero attached hydrogens (tertiary/aromatic N) is 1. The monoisotopic (exact) mass is 319 g/mol. The van der Waals surface area contributed by atoms with Gasteiger partial charge in [0.05, 0.1) is 10.6 Å². The van der Waals surface area contributed by atoms with Crippen molar-refractivity contribution in [2.24, 2.45) is 0 Å². The van der Waals surface area contributed by atoms with Crippen molar-refractivity contribution in [3.63, 3.8) is 0 Å². The van der Waals surface area contributed by atoms with E-state index in [-0.39, 0.29) is 10.6 Å². The van der Waals surface area contributed by atoms with E-state index in [1.54, 1.807) is 12.1 Å². The molecule has 112 valence electrons. The molecule has 0 aromatic heterocycles. The van der Waals surface area contributed by atoms with E-state index in [1.165, 1.54) is 16.4 Å². The maximum absolute atomic E-state index is 12.2. The number of para-hydroxylation sites is 1. The van der Waals surface area contributed by atoms with Crippen molar-refractivity contribution in [1.29, 1.82) is 0 Å². The Morgan fingerprint density at radius 2 is 1.70 bits per heavy atom. The summed E-state index contributed by atoms with van der Waals surface area (Å²) in [7, 11) is -7.23. The van der Waals surface area contributed by atoms with Gasteiger partial charge in [-0.05, 0) is 12.1 Å². The van der Waals surface area contributed by atoms with Crippen LogP contribution in [0, 0.1) is 0 Å². The molecule has 9 heteroatoms. The molecule has 0 amide bonds. The van der Waals surface area contributed by atoms with Gasteiger partial charge in [0.15, 0.2) is 9.84 Å². The van der Waals surface area contributed by atoms with Crippen LogP contribution in [0.2, 0.25) is 0 Å². The van der Waals surface area contributed by atoms with E-state index >= 15 is 0 Å². The van der Waals surface area contributed by atoms with E-state index in [4.69, 9.17) is 0 Å². The van der Waals surface area contributed by atoms with Crippen LogP contribution in [-0.4, -0.2) is 53.6 Å². The molecular formula is C11H17N3O4S2. The number of piperazine rings is 1. The zero-order valence-electron chi connectivity index (χ0n) is 11.0. The molecule has 7 nitrogen and oxygen atoms in total. The lowest BCUT2D eigenvalue weighted by Crippen LogP contribution is -2.48.